The van der Waals surface area contributed by atoms with E-state index in [1.165, 1.54) is 12.8 Å². The molecule has 88 valence electrons. The van der Waals surface area contributed by atoms with Crippen molar-refractivity contribution in [1.82, 2.24) is 5.32 Å². The standard InChI is InChI=1S/C14H20FN/c1-10(2)12-6-13(8-14(15)7-12)11-4-3-5-16-9-11/h6-8,10-11,16H,3-5,9H2,1-2H3. The second-order valence-electron chi connectivity index (χ2n) is 5.02. The van der Waals surface area contributed by atoms with Crippen LogP contribution in [-0.4, -0.2) is 13.1 Å². The molecule has 0 bridgehead atoms. The number of hydrogen-bond acceptors (Lipinski definition) is 1. The van der Waals surface area contributed by atoms with Gasteiger partial charge in [0.1, 0.15) is 5.82 Å². The van der Waals surface area contributed by atoms with Crippen molar-refractivity contribution in [3.05, 3.63) is 35.1 Å². The Labute approximate surface area is 97.1 Å². The van der Waals surface area contributed by atoms with Gasteiger partial charge >= 0.3 is 0 Å². The minimum atomic E-state index is -0.0910. The molecule has 0 saturated carbocycles. The van der Waals surface area contributed by atoms with E-state index in [2.05, 4.69) is 25.2 Å². The fourth-order valence-electron chi connectivity index (χ4n) is 2.34. The highest BCUT2D eigenvalue weighted by atomic mass is 19.1. The predicted octanol–water partition coefficient (Wildman–Crippen LogP) is 3.42. The van der Waals surface area contributed by atoms with E-state index in [1.54, 1.807) is 12.1 Å². The zero-order valence-corrected chi connectivity index (χ0v) is 10.1. The summed E-state index contributed by atoms with van der Waals surface area (Å²) in [5.74, 6) is 0.791. The Morgan fingerprint density at radius 2 is 2.12 bits per heavy atom. The Balaban J connectivity index is 2.25. The first-order chi connectivity index (χ1) is 7.66. The van der Waals surface area contributed by atoms with Gasteiger partial charge in [0.2, 0.25) is 0 Å². The highest BCUT2D eigenvalue weighted by molar-refractivity contribution is 5.29. The molecule has 1 unspecified atom stereocenters. The van der Waals surface area contributed by atoms with Crippen LogP contribution in [0.25, 0.3) is 0 Å². The van der Waals surface area contributed by atoms with Gasteiger partial charge in [0, 0.05) is 6.54 Å². The van der Waals surface area contributed by atoms with Gasteiger partial charge in [-0.1, -0.05) is 19.9 Å². The molecule has 1 fully saturated rings. The average molecular weight is 221 g/mol. The first-order valence-corrected chi connectivity index (χ1v) is 6.18. The molecule has 0 aromatic heterocycles. The maximum Gasteiger partial charge on any atom is 0.123 e. The fraction of sp³-hybridized carbons (Fsp3) is 0.571. The Morgan fingerprint density at radius 3 is 2.75 bits per heavy atom. The van der Waals surface area contributed by atoms with Crippen molar-refractivity contribution in [1.29, 1.82) is 0 Å². The van der Waals surface area contributed by atoms with Gasteiger partial charge in [-0.05, 0) is 54.5 Å². The summed E-state index contributed by atoms with van der Waals surface area (Å²) in [4.78, 5) is 0. The Kier molecular flexibility index (Phi) is 3.59. The molecule has 1 aliphatic heterocycles. The molecule has 0 spiro atoms. The van der Waals surface area contributed by atoms with E-state index in [9.17, 15) is 4.39 Å². The van der Waals surface area contributed by atoms with E-state index in [0.717, 1.165) is 24.2 Å². The largest absolute Gasteiger partial charge is 0.316 e. The Hall–Kier alpha value is -0.890. The highest BCUT2D eigenvalue weighted by Gasteiger charge is 2.16. The normalized spacial score (nSPS) is 21.4. The van der Waals surface area contributed by atoms with Crippen LogP contribution in [0.5, 0.6) is 0 Å². The number of nitrogens with one attached hydrogen (secondary N) is 1. The van der Waals surface area contributed by atoms with Gasteiger partial charge in [-0.3, -0.25) is 0 Å². The maximum atomic E-state index is 13.5. The second-order valence-corrected chi connectivity index (χ2v) is 5.02. The van der Waals surface area contributed by atoms with Crippen LogP contribution in [0.4, 0.5) is 4.39 Å². The molecule has 16 heavy (non-hydrogen) atoms. The predicted molar refractivity (Wildman–Crippen MR) is 65.3 cm³/mol. The van der Waals surface area contributed by atoms with Crippen molar-refractivity contribution in [2.75, 3.05) is 13.1 Å². The van der Waals surface area contributed by atoms with E-state index in [-0.39, 0.29) is 5.82 Å². The average Bonchev–Trinajstić information content (AvgIpc) is 2.29. The summed E-state index contributed by atoms with van der Waals surface area (Å²) in [7, 11) is 0. The zero-order valence-electron chi connectivity index (χ0n) is 10.1. The minimum absolute atomic E-state index is 0.0910. The van der Waals surface area contributed by atoms with Crippen LogP contribution in [0.1, 0.15) is 49.7 Å². The van der Waals surface area contributed by atoms with Crippen molar-refractivity contribution in [2.24, 2.45) is 0 Å². The SMILES string of the molecule is CC(C)c1cc(F)cc(C2CCCNC2)c1. The third-order valence-electron chi connectivity index (χ3n) is 3.38. The molecule has 1 saturated heterocycles. The summed E-state index contributed by atoms with van der Waals surface area (Å²) in [6, 6.07) is 5.53. The summed E-state index contributed by atoms with van der Waals surface area (Å²) in [6.07, 6.45) is 2.37. The molecule has 1 nitrogen and oxygen atoms in total. The maximum absolute atomic E-state index is 13.5. The molecule has 0 amide bonds. The van der Waals surface area contributed by atoms with Gasteiger partial charge in [-0.2, -0.15) is 0 Å². The van der Waals surface area contributed by atoms with Crippen LogP contribution in [0.2, 0.25) is 0 Å². The van der Waals surface area contributed by atoms with E-state index in [4.69, 9.17) is 0 Å². The van der Waals surface area contributed by atoms with E-state index in [1.807, 2.05) is 0 Å². The topological polar surface area (TPSA) is 12.0 Å². The van der Waals surface area contributed by atoms with Crippen molar-refractivity contribution in [3.8, 4) is 0 Å². The van der Waals surface area contributed by atoms with Gasteiger partial charge in [-0.25, -0.2) is 4.39 Å². The summed E-state index contributed by atoms with van der Waals surface area (Å²) in [5, 5.41) is 3.38. The summed E-state index contributed by atoms with van der Waals surface area (Å²) >= 11 is 0. The van der Waals surface area contributed by atoms with Crippen molar-refractivity contribution in [2.45, 2.75) is 38.5 Å². The molecule has 1 aromatic rings. The Bertz CT molecular complexity index is 354. The Morgan fingerprint density at radius 1 is 1.31 bits per heavy atom. The van der Waals surface area contributed by atoms with E-state index >= 15 is 0 Å². The number of piperidine rings is 1. The summed E-state index contributed by atoms with van der Waals surface area (Å²) in [5.41, 5.74) is 2.27. The van der Waals surface area contributed by atoms with Gasteiger partial charge < -0.3 is 5.32 Å². The van der Waals surface area contributed by atoms with Gasteiger partial charge in [0.25, 0.3) is 0 Å². The monoisotopic (exact) mass is 221 g/mol. The number of halogens is 1. The lowest BCUT2D eigenvalue weighted by Gasteiger charge is -2.24. The van der Waals surface area contributed by atoms with E-state index < -0.39 is 0 Å². The highest BCUT2D eigenvalue weighted by Crippen LogP contribution is 2.27. The third kappa shape index (κ3) is 2.62. The van der Waals surface area contributed by atoms with E-state index in [0.29, 0.717) is 11.8 Å². The van der Waals surface area contributed by atoms with Crippen LogP contribution in [0, 0.1) is 5.82 Å². The van der Waals surface area contributed by atoms with Gasteiger partial charge in [-0.15, -0.1) is 0 Å². The van der Waals surface area contributed by atoms with Crippen molar-refractivity contribution < 1.29 is 4.39 Å². The smallest absolute Gasteiger partial charge is 0.123 e. The van der Waals surface area contributed by atoms with Crippen LogP contribution < -0.4 is 5.32 Å². The molecule has 0 radical (unpaired) electrons. The van der Waals surface area contributed by atoms with Crippen LogP contribution in [-0.2, 0) is 0 Å². The molecule has 0 aliphatic carbocycles. The molecule has 1 atom stereocenters. The third-order valence-corrected chi connectivity index (χ3v) is 3.38. The zero-order chi connectivity index (χ0) is 11.5. The molecular formula is C14H20FN. The fourth-order valence-corrected chi connectivity index (χ4v) is 2.34. The number of benzene rings is 1. The molecule has 2 rings (SSSR count). The quantitative estimate of drug-likeness (QED) is 0.807. The molecule has 1 aliphatic rings. The molecular weight excluding hydrogens is 201 g/mol. The second kappa shape index (κ2) is 4.96. The summed E-state index contributed by atoms with van der Waals surface area (Å²) < 4.78 is 13.5. The lowest BCUT2D eigenvalue weighted by atomic mass is 9.89. The van der Waals surface area contributed by atoms with Gasteiger partial charge in [0.15, 0.2) is 0 Å². The lowest BCUT2D eigenvalue weighted by molar-refractivity contribution is 0.459. The summed E-state index contributed by atoms with van der Waals surface area (Å²) in [6.45, 7) is 6.30. The van der Waals surface area contributed by atoms with Crippen molar-refractivity contribution in [3.63, 3.8) is 0 Å². The number of rotatable bonds is 2. The number of hydrogen-bond donors (Lipinski definition) is 1. The molecule has 2 heteroatoms. The minimum Gasteiger partial charge on any atom is -0.316 e. The van der Waals surface area contributed by atoms with Crippen molar-refractivity contribution >= 4 is 0 Å². The molecule has 1 aromatic carbocycles. The van der Waals surface area contributed by atoms with Crippen LogP contribution >= 0.6 is 0 Å². The first kappa shape index (κ1) is 11.6. The molecule has 1 N–H and O–H groups in total. The first-order valence-electron chi connectivity index (χ1n) is 6.18. The van der Waals surface area contributed by atoms with Crippen LogP contribution in [0.3, 0.4) is 0 Å². The molecule has 1 heterocycles. The van der Waals surface area contributed by atoms with Crippen LogP contribution in [0.15, 0.2) is 18.2 Å². The van der Waals surface area contributed by atoms with Gasteiger partial charge in [0.05, 0.1) is 0 Å². The lowest BCUT2D eigenvalue weighted by Crippen LogP contribution is -2.28.